The summed E-state index contributed by atoms with van der Waals surface area (Å²) in [6, 6.07) is 3.23. The maximum absolute atomic E-state index is 14.7. The minimum absolute atomic E-state index is 0.0171. The molecule has 0 N–H and O–H groups in total. The number of benzene rings is 1. The molecule has 1 aromatic rings. The predicted molar refractivity (Wildman–Crippen MR) is 123 cm³/mol. The smallest absolute Gasteiger partial charge is 0.200 e. The first-order valence-corrected chi connectivity index (χ1v) is 12.7. The topological polar surface area (TPSA) is 9.23 Å². The van der Waals surface area contributed by atoms with E-state index in [2.05, 4.69) is 6.92 Å². The van der Waals surface area contributed by atoms with E-state index in [1.54, 1.807) is 12.1 Å². The molecule has 0 amide bonds. The second-order valence-corrected chi connectivity index (χ2v) is 10.4. The molecule has 0 aliphatic heterocycles. The molecule has 182 valence electrons. The molecule has 1 saturated carbocycles. The Bertz CT molecular complexity index is 884. The van der Waals surface area contributed by atoms with Crippen LogP contribution in [-0.2, 0) is 0 Å². The van der Waals surface area contributed by atoms with Crippen molar-refractivity contribution in [3.63, 3.8) is 0 Å². The third kappa shape index (κ3) is 5.33. The van der Waals surface area contributed by atoms with Gasteiger partial charge in [-0.1, -0.05) is 44.9 Å². The van der Waals surface area contributed by atoms with Gasteiger partial charge in [0.05, 0.1) is 6.61 Å². The Kier molecular flexibility index (Phi) is 7.86. The van der Waals surface area contributed by atoms with Crippen LogP contribution in [0.5, 0.6) is 5.75 Å². The van der Waals surface area contributed by atoms with Crippen molar-refractivity contribution in [2.75, 3.05) is 6.61 Å². The van der Waals surface area contributed by atoms with Crippen LogP contribution in [0.4, 0.5) is 17.6 Å². The monoisotopic (exact) mass is 464 g/mol. The van der Waals surface area contributed by atoms with Crippen molar-refractivity contribution in [3.8, 4) is 5.75 Å². The Morgan fingerprint density at radius 1 is 0.818 bits per heavy atom. The Labute approximate surface area is 195 Å². The first-order chi connectivity index (χ1) is 15.9. The highest BCUT2D eigenvalue weighted by molar-refractivity contribution is 5.33. The molecule has 1 aromatic carbocycles. The second kappa shape index (κ2) is 10.7. The van der Waals surface area contributed by atoms with Crippen molar-refractivity contribution in [2.24, 2.45) is 29.6 Å². The van der Waals surface area contributed by atoms with Gasteiger partial charge in [0, 0.05) is 17.8 Å². The highest BCUT2D eigenvalue weighted by Gasteiger charge is 2.35. The molecule has 3 aliphatic rings. The van der Waals surface area contributed by atoms with Gasteiger partial charge in [-0.2, -0.15) is 4.39 Å². The molecule has 33 heavy (non-hydrogen) atoms. The van der Waals surface area contributed by atoms with Crippen molar-refractivity contribution in [1.82, 2.24) is 0 Å². The van der Waals surface area contributed by atoms with Crippen molar-refractivity contribution >= 4 is 0 Å². The molecule has 4 unspecified atom stereocenters. The lowest BCUT2D eigenvalue weighted by atomic mass is 9.74. The lowest BCUT2D eigenvalue weighted by molar-refractivity contribution is 0.212. The van der Waals surface area contributed by atoms with E-state index in [4.69, 9.17) is 4.74 Å². The van der Waals surface area contributed by atoms with Crippen LogP contribution in [0.1, 0.15) is 83.1 Å². The molecule has 1 fully saturated rings. The summed E-state index contributed by atoms with van der Waals surface area (Å²) >= 11 is 0. The third-order valence-corrected chi connectivity index (χ3v) is 8.23. The molecule has 0 saturated heterocycles. The SMILES string of the molecule is CCC1CCC(C2C=CC(COc3ccc(C4CCC(C)CC4)c(F)c3F)CC2)C(F)=C1F. The lowest BCUT2D eigenvalue weighted by Crippen LogP contribution is -2.25. The lowest BCUT2D eigenvalue weighted by Gasteiger charge is -2.33. The summed E-state index contributed by atoms with van der Waals surface area (Å²) in [4.78, 5) is 0. The number of rotatable bonds is 6. The molecule has 0 bridgehead atoms. The zero-order valence-corrected chi connectivity index (χ0v) is 19.8. The summed E-state index contributed by atoms with van der Waals surface area (Å²) in [5, 5.41) is 0. The first kappa shape index (κ1) is 24.3. The molecule has 1 nitrogen and oxygen atoms in total. The van der Waals surface area contributed by atoms with Gasteiger partial charge in [0.15, 0.2) is 11.6 Å². The summed E-state index contributed by atoms with van der Waals surface area (Å²) < 4.78 is 63.9. The van der Waals surface area contributed by atoms with Gasteiger partial charge < -0.3 is 4.74 Å². The van der Waals surface area contributed by atoms with Gasteiger partial charge in [-0.15, -0.1) is 0 Å². The summed E-state index contributed by atoms with van der Waals surface area (Å²) in [6.45, 7) is 4.34. The number of halogens is 4. The fourth-order valence-corrected chi connectivity index (χ4v) is 5.91. The van der Waals surface area contributed by atoms with Crippen LogP contribution >= 0.6 is 0 Å². The van der Waals surface area contributed by atoms with Crippen LogP contribution in [0.2, 0.25) is 0 Å². The van der Waals surface area contributed by atoms with E-state index >= 15 is 0 Å². The zero-order chi connectivity index (χ0) is 23.5. The average Bonchev–Trinajstić information content (AvgIpc) is 2.83. The Balaban J connectivity index is 1.34. The zero-order valence-electron chi connectivity index (χ0n) is 19.8. The van der Waals surface area contributed by atoms with Gasteiger partial charge in [0.2, 0.25) is 5.82 Å². The van der Waals surface area contributed by atoms with Crippen LogP contribution in [0.25, 0.3) is 0 Å². The van der Waals surface area contributed by atoms with E-state index < -0.39 is 23.3 Å². The second-order valence-electron chi connectivity index (χ2n) is 10.4. The normalized spacial score (nSPS) is 32.8. The Morgan fingerprint density at radius 2 is 1.58 bits per heavy atom. The Hall–Kier alpha value is -1.78. The van der Waals surface area contributed by atoms with E-state index in [1.807, 2.05) is 19.1 Å². The van der Waals surface area contributed by atoms with E-state index in [0.29, 0.717) is 30.7 Å². The number of ether oxygens (including phenoxy) is 1. The fraction of sp³-hybridized carbons (Fsp3) is 0.643. The van der Waals surface area contributed by atoms with Crippen molar-refractivity contribution in [3.05, 3.63) is 53.1 Å². The van der Waals surface area contributed by atoms with E-state index in [0.717, 1.165) is 38.5 Å². The van der Waals surface area contributed by atoms with Gasteiger partial charge >= 0.3 is 0 Å². The van der Waals surface area contributed by atoms with Crippen LogP contribution < -0.4 is 4.74 Å². The van der Waals surface area contributed by atoms with E-state index in [9.17, 15) is 17.6 Å². The largest absolute Gasteiger partial charge is 0.490 e. The molecule has 0 spiro atoms. The molecular formula is C28H36F4O. The molecule has 5 heteroatoms. The van der Waals surface area contributed by atoms with Crippen LogP contribution in [0.3, 0.4) is 0 Å². The van der Waals surface area contributed by atoms with Crippen molar-refractivity contribution < 1.29 is 22.3 Å². The van der Waals surface area contributed by atoms with Gasteiger partial charge in [0.1, 0.15) is 11.7 Å². The average molecular weight is 465 g/mol. The van der Waals surface area contributed by atoms with Gasteiger partial charge in [-0.3, -0.25) is 0 Å². The molecule has 0 heterocycles. The summed E-state index contributed by atoms with van der Waals surface area (Å²) in [6.07, 6.45) is 11.3. The summed E-state index contributed by atoms with van der Waals surface area (Å²) in [5.74, 6) is -2.76. The number of hydrogen-bond acceptors (Lipinski definition) is 1. The van der Waals surface area contributed by atoms with Crippen LogP contribution in [-0.4, -0.2) is 6.61 Å². The number of hydrogen-bond donors (Lipinski definition) is 0. The summed E-state index contributed by atoms with van der Waals surface area (Å²) in [5.41, 5.74) is 0.465. The maximum Gasteiger partial charge on any atom is 0.200 e. The highest BCUT2D eigenvalue weighted by atomic mass is 19.2. The molecule has 4 atom stereocenters. The third-order valence-electron chi connectivity index (χ3n) is 8.23. The molecule has 3 aliphatic carbocycles. The highest BCUT2D eigenvalue weighted by Crippen LogP contribution is 2.44. The molecule has 0 aromatic heterocycles. The minimum Gasteiger partial charge on any atom is -0.490 e. The number of allylic oxidation sites excluding steroid dienone is 3. The van der Waals surface area contributed by atoms with E-state index in [1.165, 1.54) is 0 Å². The van der Waals surface area contributed by atoms with Gasteiger partial charge in [-0.05, 0) is 74.3 Å². The fourth-order valence-electron chi connectivity index (χ4n) is 5.91. The van der Waals surface area contributed by atoms with Gasteiger partial charge in [0.25, 0.3) is 0 Å². The van der Waals surface area contributed by atoms with Crippen LogP contribution in [0.15, 0.2) is 35.9 Å². The molecular weight excluding hydrogens is 428 g/mol. The quantitative estimate of drug-likeness (QED) is 0.302. The van der Waals surface area contributed by atoms with Gasteiger partial charge in [-0.25, -0.2) is 13.2 Å². The maximum atomic E-state index is 14.7. The first-order valence-electron chi connectivity index (χ1n) is 12.7. The van der Waals surface area contributed by atoms with Crippen LogP contribution in [0, 0.1) is 41.2 Å². The van der Waals surface area contributed by atoms with Crippen molar-refractivity contribution in [2.45, 2.75) is 77.6 Å². The minimum atomic E-state index is -0.904. The Morgan fingerprint density at radius 3 is 2.24 bits per heavy atom. The predicted octanol–water partition coefficient (Wildman–Crippen LogP) is 8.81. The molecule has 4 rings (SSSR count). The standard InChI is InChI=1S/C28H36F4O/c1-3-19-12-13-22(26(30)25(19)29)21-10-6-18(7-11-21)16-33-24-15-14-23(27(31)28(24)32)20-8-4-17(2)5-9-20/h6,10,14-15,17-22H,3-5,7-9,11-13,16H2,1-2H3. The summed E-state index contributed by atoms with van der Waals surface area (Å²) in [7, 11) is 0. The van der Waals surface area contributed by atoms with E-state index in [-0.39, 0.29) is 41.9 Å². The molecule has 0 radical (unpaired) electrons. The van der Waals surface area contributed by atoms with Crippen molar-refractivity contribution in [1.29, 1.82) is 0 Å².